The minimum atomic E-state index is -4.63. The quantitative estimate of drug-likeness (QED) is 0.662. The van der Waals surface area contributed by atoms with Crippen LogP contribution in [0.2, 0.25) is 0 Å². The lowest BCUT2D eigenvalue weighted by atomic mass is 10.2. The lowest BCUT2D eigenvalue weighted by Gasteiger charge is -2.04. The molecule has 32 heavy (non-hydrogen) atoms. The fourth-order valence-electron chi connectivity index (χ4n) is 1.83. The van der Waals surface area contributed by atoms with Gasteiger partial charge in [-0.05, 0) is 18.9 Å². The molecule has 1 heterocycles. The summed E-state index contributed by atoms with van der Waals surface area (Å²) in [5.41, 5.74) is -0.968. The summed E-state index contributed by atoms with van der Waals surface area (Å²) in [4.78, 5) is 37.5. The molecule has 0 atom stereocenters. The third kappa shape index (κ3) is 13.9. The third-order valence-electron chi connectivity index (χ3n) is 3.07. The van der Waals surface area contributed by atoms with Crippen molar-refractivity contribution in [2.24, 2.45) is 0 Å². The molecule has 0 unspecified atom stereocenters. The van der Waals surface area contributed by atoms with Gasteiger partial charge in [0.05, 0.1) is 6.54 Å². The minimum absolute atomic E-state index is 0.0930. The highest BCUT2D eigenvalue weighted by Crippen LogP contribution is 2.26. The van der Waals surface area contributed by atoms with Gasteiger partial charge in [0.15, 0.2) is 0 Å². The molecule has 0 amide bonds. The van der Waals surface area contributed by atoms with Gasteiger partial charge in [-0.15, -0.1) is 0 Å². The van der Waals surface area contributed by atoms with Gasteiger partial charge in [0.1, 0.15) is 5.69 Å². The molecule has 180 valence electrons. The first-order chi connectivity index (χ1) is 14.8. The summed E-state index contributed by atoms with van der Waals surface area (Å²) in [5, 5.41) is 9.62. The van der Waals surface area contributed by atoms with E-state index in [2.05, 4.69) is 0 Å². The summed E-state index contributed by atoms with van der Waals surface area (Å²) in [6.45, 7) is 3.55. The number of hydrogen-bond donors (Lipinski definition) is 2. The summed E-state index contributed by atoms with van der Waals surface area (Å²) in [6.07, 6.45) is -9.06. The van der Waals surface area contributed by atoms with E-state index < -0.39 is 35.8 Å². The van der Waals surface area contributed by atoms with Crippen LogP contribution in [0.15, 0.2) is 41.2 Å². The van der Waals surface area contributed by atoms with Crippen LogP contribution in [0.4, 0.5) is 26.3 Å². The summed E-state index contributed by atoms with van der Waals surface area (Å²) < 4.78 is 71.8. The van der Waals surface area contributed by atoms with Crippen LogP contribution in [-0.4, -0.2) is 39.6 Å². The molecule has 2 N–H and O–H groups in total. The van der Waals surface area contributed by atoms with Gasteiger partial charge >= 0.3 is 18.5 Å². The number of halogens is 6. The Balaban J connectivity index is 0. The van der Waals surface area contributed by atoms with Crippen molar-refractivity contribution in [3.05, 3.63) is 58.0 Å². The van der Waals surface area contributed by atoms with Gasteiger partial charge < -0.3 is 5.11 Å². The average Bonchev–Trinajstić information content (AvgIpc) is 3.05. The second-order valence-corrected chi connectivity index (χ2v) is 5.65. The zero-order valence-electron chi connectivity index (χ0n) is 17.1. The Morgan fingerprint density at radius 2 is 1.53 bits per heavy atom. The number of benzene rings is 1. The van der Waals surface area contributed by atoms with E-state index in [9.17, 15) is 35.9 Å². The molecular weight excluding hydrogens is 450 g/mol. The van der Waals surface area contributed by atoms with Crippen LogP contribution in [0.3, 0.4) is 0 Å². The van der Waals surface area contributed by atoms with E-state index in [1.165, 1.54) is 6.92 Å². The second kappa shape index (κ2) is 15.6. The molecule has 0 radical (unpaired) electrons. The lowest BCUT2D eigenvalue weighted by molar-refractivity contribution is -0.191. The van der Waals surface area contributed by atoms with Crippen molar-refractivity contribution in [3.8, 4) is 0 Å². The van der Waals surface area contributed by atoms with Crippen LogP contribution < -0.4 is 5.56 Å². The van der Waals surface area contributed by atoms with E-state index in [1.54, 1.807) is 37.3 Å². The predicted molar refractivity (Wildman–Crippen MR) is 99.3 cm³/mol. The zero-order valence-corrected chi connectivity index (χ0v) is 17.1. The van der Waals surface area contributed by atoms with Crippen molar-refractivity contribution in [1.82, 2.24) is 9.78 Å². The topological polar surface area (TPSA) is 109 Å². The minimum Gasteiger partial charge on any atom is -0.397 e. The maximum atomic E-state index is 12.3. The van der Waals surface area contributed by atoms with Crippen LogP contribution in [0, 0.1) is 0 Å². The molecule has 2 aromatic rings. The van der Waals surface area contributed by atoms with Crippen LogP contribution in [-0.2, 0) is 27.1 Å². The number of nitrogens with zero attached hydrogens (tertiary/aromatic N) is 1. The molecule has 13 heteroatoms. The predicted octanol–water partition coefficient (Wildman–Crippen LogP) is 3.58. The first kappa shape index (κ1) is 31.0. The molecule has 0 aliphatic carbocycles. The number of aromatic nitrogens is 2. The number of Topliss-reactive ketones (excluding diaryl/α,β-unsaturated/α-hetero) is 1. The average molecular weight is 472 g/mol. The number of carbonyl (C=O) groups excluding carboxylic acids is 3. The van der Waals surface area contributed by atoms with Crippen molar-refractivity contribution < 1.29 is 45.8 Å². The molecule has 0 aliphatic rings. The van der Waals surface area contributed by atoms with E-state index in [-0.39, 0.29) is 25.7 Å². The van der Waals surface area contributed by atoms with Crippen LogP contribution in [0.1, 0.15) is 37.9 Å². The molecule has 0 saturated heterocycles. The number of aliphatic hydroxyl groups is 1. The molecule has 0 bridgehead atoms. The van der Waals surface area contributed by atoms with E-state index in [0.717, 1.165) is 10.2 Å². The van der Waals surface area contributed by atoms with E-state index in [4.69, 9.17) is 14.7 Å². The standard InChI is InChI=1S/C11H9F3N2O.C5H7F3O.C2H6O.CO2/c12-11(13,14)9-6-10(17)16(15-9)7-8-4-2-1-3-5-8;1-2-3-4(9)5(6,7)8;1-2-3;2-1-3/h1-6,15H,7H2;2-3H2,1H3;3H,2H2,1H3;. The van der Waals surface area contributed by atoms with E-state index in [0.29, 0.717) is 6.07 Å². The fourth-order valence-corrected chi connectivity index (χ4v) is 1.83. The summed E-state index contributed by atoms with van der Waals surface area (Å²) in [7, 11) is 0. The van der Waals surface area contributed by atoms with Crippen molar-refractivity contribution in [2.75, 3.05) is 6.61 Å². The molecule has 2 rings (SSSR count). The number of hydrogen-bond acceptors (Lipinski definition) is 5. The molecule has 1 aromatic carbocycles. The highest BCUT2D eigenvalue weighted by Gasteiger charge is 2.36. The molecule has 0 fully saturated rings. The number of aromatic amines is 1. The Kier molecular flexibility index (Phi) is 15.1. The number of carbonyl (C=O) groups is 1. The smallest absolute Gasteiger partial charge is 0.397 e. The Bertz CT molecular complexity index is 867. The van der Waals surface area contributed by atoms with Gasteiger partial charge in [-0.3, -0.25) is 14.7 Å². The van der Waals surface area contributed by atoms with Gasteiger partial charge in [0.2, 0.25) is 5.78 Å². The van der Waals surface area contributed by atoms with Crippen molar-refractivity contribution in [1.29, 1.82) is 0 Å². The first-order valence-corrected chi connectivity index (χ1v) is 8.89. The van der Waals surface area contributed by atoms with Gasteiger partial charge in [-0.25, -0.2) is 4.68 Å². The first-order valence-electron chi connectivity index (χ1n) is 8.89. The second-order valence-electron chi connectivity index (χ2n) is 5.65. The molecule has 1 aromatic heterocycles. The monoisotopic (exact) mass is 472 g/mol. The van der Waals surface area contributed by atoms with Crippen LogP contribution in [0.5, 0.6) is 0 Å². The van der Waals surface area contributed by atoms with Crippen molar-refractivity contribution in [3.63, 3.8) is 0 Å². The maximum absolute atomic E-state index is 12.3. The Morgan fingerprint density at radius 3 is 1.84 bits per heavy atom. The zero-order chi connectivity index (χ0) is 25.4. The Morgan fingerprint density at radius 1 is 1.06 bits per heavy atom. The van der Waals surface area contributed by atoms with E-state index in [1.807, 2.05) is 5.10 Å². The van der Waals surface area contributed by atoms with Crippen molar-refractivity contribution >= 4 is 11.9 Å². The van der Waals surface area contributed by atoms with E-state index >= 15 is 0 Å². The fraction of sp³-hybridized carbons (Fsp3) is 0.421. The van der Waals surface area contributed by atoms with Crippen LogP contribution >= 0.6 is 0 Å². The number of H-pyrrole nitrogens is 1. The summed E-state index contributed by atoms with van der Waals surface area (Å²) >= 11 is 0. The van der Waals surface area contributed by atoms with Gasteiger partial charge in [-0.2, -0.15) is 35.9 Å². The van der Waals surface area contributed by atoms with Gasteiger partial charge in [0, 0.05) is 19.1 Å². The largest absolute Gasteiger partial charge is 0.449 e. The molecular formula is C19H22F6N2O5. The molecule has 0 aliphatic heterocycles. The third-order valence-corrected chi connectivity index (χ3v) is 3.07. The van der Waals surface area contributed by atoms with Gasteiger partial charge in [-0.1, -0.05) is 37.3 Å². The lowest BCUT2D eigenvalue weighted by Crippen LogP contribution is -2.21. The Hall–Kier alpha value is -3.18. The number of rotatable bonds is 4. The number of nitrogens with one attached hydrogen (secondary N) is 1. The highest BCUT2D eigenvalue weighted by atomic mass is 19.4. The molecule has 0 saturated carbocycles. The highest BCUT2D eigenvalue weighted by molar-refractivity contribution is 5.83. The summed E-state index contributed by atoms with van der Waals surface area (Å²) in [6, 6.07) is 9.34. The normalized spacial score (nSPS) is 10.3. The maximum Gasteiger partial charge on any atom is 0.449 e. The van der Waals surface area contributed by atoms with Crippen molar-refractivity contribution in [2.45, 2.75) is 45.6 Å². The molecule has 7 nitrogen and oxygen atoms in total. The number of aliphatic hydroxyl groups excluding tert-OH is 1. The van der Waals surface area contributed by atoms with Gasteiger partial charge in [0.25, 0.3) is 5.56 Å². The Labute approximate surface area is 178 Å². The number of alkyl halides is 6. The number of ketones is 1. The SMILES string of the molecule is CCCC(=O)C(F)(F)F.CCO.O=C=O.O=c1cc(C(F)(F)F)[nH]n1Cc1ccccc1. The van der Waals surface area contributed by atoms with Crippen LogP contribution in [0.25, 0.3) is 0 Å². The molecule has 0 spiro atoms. The summed E-state index contributed by atoms with van der Waals surface area (Å²) in [5.74, 6) is -1.63.